The van der Waals surface area contributed by atoms with Crippen molar-refractivity contribution >= 4 is 5.69 Å². The smallest absolute Gasteiger partial charge is 0.203 e. The van der Waals surface area contributed by atoms with Gasteiger partial charge in [-0.2, -0.15) is 5.21 Å². The number of benzene rings is 2. The highest BCUT2D eigenvalue weighted by molar-refractivity contribution is 5.75. The standard InChI is InChI=1S/C18H20N5O2/c1-3-24-16-10-9-13(11-17(16)25-4-2)12-19-15-8-6-5-7-14(15)18-20-22-23-21-18/h5-11H,3-4,12H2,1-2H3,(H,20,21,22,23)/q-1. The van der Waals surface area contributed by atoms with Crippen LogP contribution < -0.4 is 9.47 Å². The van der Waals surface area contributed by atoms with Crippen LogP contribution in [-0.4, -0.2) is 33.8 Å². The van der Waals surface area contributed by atoms with E-state index in [-0.39, 0.29) is 0 Å². The normalized spacial score (nSPS) is 10.5. The number of rotatable bonds is 8. The van der Waals surface area contributed by atoms with Crippen LogP contribution in [0.2, 0.25) is 0 Å². The van der Waals surface area contributed by atoms with E-state index in [1.807, 2.05) is 56.3 Å². The lowest BCUT2D eigenvalue weighted by Crippen LogP contribution is -1.99. The van der Waals surface area contributed by atoms with Crippen molar-refractivity contribution in [3.63, 3.8) is 0 Å². The molecule has 0 atom stereocenters. The van der Waals surface area contributed by atoms with Gasteiger partial charge in [-0.15, -0.1) is 22.4 Å². The lowest BCUT2D eigenvalue weighted by atomic mass is 10.1. The van der Waals surface area contributed by atoms with Gasteiger partial charge in [0.15, 0.2) is 11.5 Å². The van der Waals surface area contributed by atoms with Crippen LogP contribution in [0.1, 0.15) is 19.4 Å². The van der Waals surface area contributed by atoms with E-state index >= 15 is 0 Å². The van der Waals surface area contributed by atoms with Crippen LogP contribution in [0.5, 0.6) is 11.5 Å². The summed E-state index contributed by atoms with van der Waals surface area (Å²) >= 11 is 0. The molecule has 1 heterocycles. The maximum absolute atomic E-state index is 5.67. The fourth-order valence-electron chi connectivity index (χ4n) is 2.45. The summed E-state index contributed by atoms with van der Waals surface area (Å²) in [4.78, 5) is 0. The highest BCUT2D eigenvalue weighted by atomic mass is 16.5. The molecule has 0 spiro atoms. The van der Waals surface area contributed by atoms with E-state index in [1.165, 1.54) is 0 Å². The largest absolute Gasteiger partial charge is 0.680 e. The van der Waals surface area contributed by atoms with Crippen LogP contribution in [0.3, 0.4) is 0 Å². The first-order valence-electron chi connectivity index (χ1n) is 8.20. The van der Waals surface area contributed by atoms with Gasteiger partial charge in [-0.05, 0) is 31.2 Å². The Balaban J connectivity index is 1.77. The summed E-state index contributed by atoms with van der Waals surface area (Å²) in [5.41, 5.74) is 2.69. The molecule has 0 aliphatic carbocycles. The molecule has 0 saturated carbocycles. The third-order valence-corrected chi connectivity index (χ3v) is 3.53. The number of H-pyrrole nitrogens is 1. The first kappa shape index (κ1) is 16.8. The minimum Gasteiger partial charge on any atom is -0.680 e. The van der Waals surface area contributed by atoms with E-state index in [0.29, 0.717) is 25.6 Å². The Labute approximate surface area is 146 Å². The lowest BCUT2D eigenvalue weighted by molar-refractivity contribution is 0.287. The highest BCUT2D eigenvalue weighted by Crippen LogP contribution is 2.34. The molecule has 3 rings (SSSR count). The van der Waals surface area contributed by atoms with E-state index in [0.717, 1.165) is 28.3 Å². The second-order valence-electron chi connectivity index (χ2n) is 5.22. The molecule has 25 heavy (non-hydrogen) atoms. The van der Waals surface area contributed by atoms with Crippen molar-refractivity contribution in [2.75, 3.05) is 13.2 Å². The minimum atomic E-state index is 0.515. The van der Waals surface area contributed by atoms with Gasteiger partial charge in [0, 0.05) is 5.56 Å². The zero-order valence-electron chi connectivity index (χ0n) is 14.3. The summed E-state index contributed by atoms with van der Waals surface area (Å²) in [6.45, 7) is 5.60. The number of aromatic amines is 1. The number of tetrazole rings is 1. The van der Waals surface area contributed by atoms with Crippen LogP contribution in [0.25, 0.3) is 16.7 Å². The monoisotopic (exact) mass is 338 g/mol. The molecule has 0 bridgehead atoms. The average Bonchev–Trinajstić information content (AvgIpc) is 3.17. The molecule has 0 radical (unpaired) electrons. The summed E-state index contributed by atoms with van der Waals surface area (Å²) in [6, 6.07) is 13.6. The summed E-state index contributed by atoms with van der Waals surface area (Å²) in [7, 11) is 0. The topological polar surface area (TPSA) is 87.0 Å². The van der Waals surface area contributed by atoms with Crippen molar-refractivity contribution in [2.45, 2.75) is 20.4 Å². The van der Waals surface area contributed by atoms with Crippen LogP contribution in [-0.2, 0) is 6.54 Å². The maximum atomic E-state index is 5.67. The molecule has 1 N–H and O–H groups in total. The molecule has 0 aliphatic heterocycles. The Hall–Kier alpha value is -3.09. The van der Waals surface area contributed by atoms with Crippen molar-refractivity contribution < 1.29 is 9.47 Å². The number of nitrogens with zero attached hydrogens (tertiary/aromatic N) is 4. The predicted molar refractivity (Wildman–Crippen MR) is 95.1 cm³/mol. The minimum absolute atomic E-state index is 0.515. The summed E-state index contributed by atoms with van der Waals surface area (Å²) in [6.07, 6.45) is 0. The van der Waals surface area contributed by atoms with Crippen molar-refractivity contribution in [1.29, 1.82) is 0 Å². The fourth-order valence-corrected chi connectivity index (χ4v) is 2.45. The van der Waals surface area contributed by atoms with Gasteiger partial charge in [0.05, 0.1) is 13.2 Å². The third-order valence-electron chi connectivity index (χ3n) is 3.53. The molecule has 130 valence electrons. The second kappa shape index (κ2) is 8.14. The number of ether oxygens (including phenoxy) is 2. The Morgan fingerprint density at radius 2 is 1.80 bits per heavy atom. The third kappa shape index (κ3) is 4.06. The van der Waals surface area contributed by atoms with Gasteiger partial charge in [0.1, 0.15) is 0 Å². The summed E-state index contributed by atoms with van der Waals surface area (Å²) < 4.78 is 11.3. The number of hydrogen-bond acceptors (Lipinski definition) is 5. The Morgan fingerprint density at radius 1 is 1.00 bits per heavy atom. The van der Waals surface area contributed by atoms with Crippen molar-refractivity contribution in [3.8, 4) is 22.9 Å². The van der Waals surface area contributed by atoms with Gasteiger partial charge >= 0.3 is 0 Å². The van der Waals surface area contributed by atoms with Crippen molar-refractivity contribution in [2.24, 2.45) is 0 Å². The van der Waals surface area contributed by atoms with Crippen LogP contribution in [0, 0.1) is 0 Å². The number of para-hydroxylation sites is 1. The number of nitrogens with one attached hydrogen (secondary N) is 1. The first-order chi connectivity index (χ1) is 12.3. The zero-order valence-corrected chi connectivity index (χ0v) is 14.3. The number of hydrogen-bond donors (Lipinski definition) is 1. The van der Waals surface area contributed by atoms with Gasteiger partial charge in [-0.3, -0.25) is 0 Å². The lowest BCUT2D eigenvalue weighted by Gasteiger charge is -2.24. The average molecular weight is 338 g/mol. The molecular formula is C18H20N5O2-. The molecule has 7 nitrogen and oxygen atoms in total. The predicted octanol–water partition coefficient (Wildman–Crippen LogP) is 3.87. The van der Waals surface area contributed by atoms with E-state index in [4.69, 9.17) is 14.8 Å². The molecule has 7 heteroatoms. The van der Waals surface area contributed by atoms with Gasteiger partial charge in [0.2, 0.25) is 5.82 Å². The molecule has 1 aromatic heterocycles. The molecule has 0 fully saturated rings. The van der Waals surface area contributed by atoms with Crippen molar-refractivity contribution in [3.05, 3.63) is 53.3 Å². The van der Waals surface area contributed by atoms with Gasteiger partial charge in [-0.25, -0.2) is 0 Å². The summed E-state index contributed by atoms with van der Waals surface area (Å²) in [5.74, 6) is 2.02. The van der Waals surface area contributed by atoms with Gasteiger partial charge < -0.3 is 14.8 Å². The molecule has 3 aromatic rings. The summed E-state index contributed by atoms with van der Waals surface area (Å²) in [5, 5.41) is 18.8. The quantitative estimate of drug-likeness (QED) is 0.673. The van der Waals surface area contributed by atoms with Gasteiger partial charge in [-0.1, -0.05) is 35.9 Å². The van der Waals surface area contributed by atoms with E-state index in [9.17, 15) is 0 Å². The van der Waals surface area contributed by atoms with E-state index in [1.54, 1.807) is 0 Å². The Morgan fingerprint density at radius 3 is 2.56 bits per heavy atom. The maximum Gasteiger partial charge on any atom is 0.203 e. The Bertz CT molecular complexity index is 805. The highest BCUT2D eigenvalue weighted by Gasteiger charge is 2.06. The second-order valence-corrected chi connectivity index (χ2v) is 5.22. The van der Waals surface area contributed by atoms with E-state index < -0.39 is 0 Å². The van der Waals surface area contributed by atoms with Crippen molar-refractivity contribution in [1.82, 2.24) is 20.6 Å². The molecule has 0 unspecified atom stereocenters. The SMILES string of the molecule is CCOc1ccc(C[N-]c2ccccc2-c2nn[nH]n2)cc1OCC. The first-order valence-corrected chi connectivity index (χ1v) is 8.20. The van der Waals surface area contributed by atoms with E-state index in [2.05, 4.69) is 20.6 Å². The molecule has 0 amide bonds. The molecule has 2 aromatic carbocycles. The van der Waals surface area contributed by atoms with Crippen LogP contribution >= 0.6 is 0 Å². The van der Waals surface area contributed by atoms with Gasteiger partial charge in [0.25, 0.3) is 0 Å². The molecule has 0 saturated heterocycles. The number of aromatic nitrogens is 4. The Kier molecular flexibility index (Phi) is 5.46. The molecule has 0 aliphatic rings. The zero-order chi connectivity index (χ0) is 17.5. The van der Waals surface area contributed by atoms with Crippen LogP contribution in [0.4, 0.5) is 5.69 Å². The fraction of sp³-hybridized carbons (Fsp3) is 0.278. The molecular weight excluding hydrogens is 318 g/mol. The van der Waals surface area contributed by atoms with Crippen LogP contribution in [0.15, 0.2) is 42.5 Å².